The molecule has 1 amide bonds. The maximum absolute atomic E-state index is 12.2. The fourth-order valence-electron chi connectivity index (χ4n) is 2.20. The Morgan fingerprint density at radius 1 is 1.50 bits per heavy atom. The van der Waals surface area contributed by atoms with Gasteiger partial charge in [0.2, 0.25) is 11.8 Å². The van der Waals surface area contributed by atoms with E-state index in [2.05, 4.69) is 10.2 Å². The largest absolute Gasteiger partial charge is 0.416 e. The van der Waals surface area contributed by atoms with Crippen LogP contribution in [0.3, 0.4) is 0 Å². The van der Waals surface area contributed by atoms with Crippen LogP contribution in [0.1, 0.15) is 19.2 Å². The topological polar surface area (TPSA) is 93.4 Å². The van der Waals surface area contributed by atoms with E-state index in [4.69, 9.17) is 4.42 Å². The van der Waals surface area contributed by atoms with Crippen LogP contribution in [0.2, 0.25) is 0 Å². The molecule has 0 saturated carbocycles. The first kappa shape index (κ1) is 15.3. The van der Waals surface area contributed by atoms with Crippen molar-refractivity contribution in [3.8, 4) is 0 Å². The highest BCUT2D eigenvalue weighted by Gasteiger charge is 2.33. The minimum absolute atomic E-state index is 0.0664. The molecule has 2 rings (SSSR count). The van der Waals surface area contributed by atoms with Crippen molar-refractivity contribution in [3.05, 3.63) is 5.89 Å². The van der Waals surface area contributed by atoms with E-state index in [0.717, 1.165) is 0 Å². The molecule has 7 nitrogen and oxygen atoms in total. The Labute approximate surface area is 122 Å². The Bertz CT molecular complexity index is 584. The predicted molar refractivity (Wildman–Crippen MR) is 74.2 cm³/mol. The zero-order chi connectivity index (χ0) is 14.8. The SMILES string of the molecule is CCN(C(=O)CSc1nnc(C)o1)[C@@H]1CCS(=O)(=O)C1. The highest BCUT2D eigenvalue weighted by atomic mass is 32.2. The molecule has 2 heterocycles. The summed E-state index contributed by atoms with van der Waals surface area (Å²) >= 11 is 1.17. The Morgan fingerprint density at radius 2 is 2.25 bits per heavy atom. The van der Waals surface area contributed by atoms with Crippen LogP contribution in [0.15, 0.2) is 9.64 Å². The van der Waals surface area contributed by atoms with E-state index >= 15 is 0 Å². The van der Waals surface area contributed by atoms with Crippen LogP contribution in [-0.4, -0.2) is 59.3 Å². The number of aryl methyl sites for hydroxylation is 1. The van der Waals surface area contributed by atoms with Crippen molar-refractivity contribution >= 4 is 27.5 Å². The number of rotatable bonds is 5. The normalized spacial score (nSPS) is 21.0. The Morgan fingerprint density at radius 3 is 2.75 bits per heavy atom. The summed E-state index contributed by atoms with van der Waals surface area (Å²) in [4.78, 5) is 13.8. The number of hydrogen-bond acceptors (Lipinski definition) is 7. The van der Waals surface area contributed by atoms with Crippen LogP contribution >= 0.6 is 11.8 Å². The van der Waals surface area contributed by atoms with E-state index in [9.17, 15) is 13.2 Å². The Balaban J connectivity index is 1.92. The van der Waals surface area contributed by atoms with Crippen molar-refractivity contribution in [1.82, 2.24) is 15.1 Å². The van der Waals surface area contributed by atoms with E-state index in [0.29, 0.717) is 24.1 Å². The number of carbonyl (C=O) groups is 1. The monoisotopic (exact) mass is 319 g/mol. The molecule has 1 aliphatic rings. The summed E-state index contributed by atoms with van der Waals surface area (Å²) in [6, 6.07) is -0.206. The van der Waals surface area contributed by atoms with Crippen molar-refractivity contribution < 1.29 is 17.6 Å². The average molecular weight is 319 g/mol. The second kappa shape index (κ2) is 6.13. The summed E-state index contributed by atoms with van der Waals surface area (Å²) in [5, 5.41) is 7.84. The summed E-state index contributed by atoms with van der Waals surface area (Å²) in [5.41, 5.74) is 0. The van der Waals surface area contributed by atoms with Crippen molar-refractivity contribution in [1.29, 1.82) is 0 Å². The van der Waals surface area contributed by atoms with Gasteiger partial charge in [0.05, 0.1) is 17.3 Å². The first-order valence-electron chi connectivity index (χ1n) is 6.34. The lowest BCUT2D eigenvalue weighted by molar-refractivity contribution is -0.129. The molecule has 9 heteroatoms. The zero-order valence-corrected chi connectivity index (χ0v) is 13.0. The highest BCUT2D eigenvalue weighted by molar-refractivity contribution is 7.99. The number of thioether (sulfide) groups is 1. The Hall–Kier alpha value is -1.09. The molecule has 1 fully saturated rings. The summed E-state index contributed by atoms with van der Waals surface area (Å²) in [7, 11) is -2.99. The molecule has 0 bridgehead atoms. The summed E-state index contributed by atoms with van der Waals surface area (Å²) < 4.78 is 28.2. The van der Waals surface area contributed by atoms with E-state index in [1.807, 2.05) is 6.92 Å². The summed E-state index contributed by atoms with van der Waals surface area (Å²) in [5.74, 6) is 0.755. The van der Waals surface area contributed by atoms with Crippen molar-refractivity contribution in [3.63, 3.8) is 0 Å². The Kier molecular flexibility index (Phi) is 4.69. The summed E-state index contributed by atoms with van der Waals surface area (Å²) in [6.45, 7) is 4.04. The van der Waals surface area contributed by atoms with Gasteiger partial charge < -0.3 is 9.32 Å². The van der Waals surface area contributed by atoms with Crippen LogP contribution < -0.4 is 0 Å². The molecule has 1 saturated heterocycles. The summed E-state index contributed by atoms with van der Waals surface area (Å²) in [6.07, 6.45) is 0.520. The third-order valence-electron chi connectivity index (χ3n) is 3.14. The zero-order valence-electron chi connectivity index (χ0n) is 11.4. The smallest absolute Gasteiger partial charge is 0.277 e. The van der Waals surface area contributed by atoms with Crippen LogP contribution in [0.4, 0.5) is 0 Å². The minimum Gasteiger partial charge on any atom is -0.416 e. The van der Waals surface area contributed by atoms with Gasteiger partial charge in [-0.3, -0.25) is 4.79 Å². The van der Waals surface area contributed by atoms with Gasteiger partial charge in [0, 0.05) is 19.5 Å². The van der Waals surface area contributed by atoms with Gasteiger partial charge in [-0.1, -0.05) is 11.8 Å². The molecule has 0 unspecified atom stereocenters. The second-order valence-electron chi connectivity index (χ2n) is 4.61. The molecule has 0 aromatic carbocycles. The van der Waals surface area contributed by atoms with Gasteiger partial charge in [-0.05, 0) is 13.3 Å². The minimum atomic E-state index is -2.99. The quantitative estimate of drug-likeness (QED) is 0.730. The van der Waals surface area contributed by atoms with Crippen LogP contribution in [0.25, 0.3) is 0 Å². The van der Waals surface area contributed by atoms with Crippen LogP contribution in [0, 0.1) is 6.92 Å². The van der Waals surface area contributed by atoms with E-state index in [-0.39, 0.29) is 29.2 Å². The maximum Gasteiger partial charge on any atom is 0.277 e. The molecule has 0 spiro atoms. The second-order valence-corrected chi connectivity index (χ2v) is 7.77. The lowest BCUT2D eigenvalue weighted by atomic mass is 10.2. The molecule has 0 N–H and O–H groups in total. The third kappa shape index (κ3) is 3.72. The maximum atomic E-state index is 12.2. The molecule has 112 valence electrons. The lowest BCUT2D eigenvalue weighted by Crippen LogP contribution is -2.41. The number of sulfone groups is 1. The fourth-order valence-corrected chi connectivity index (χ4v) is 4.62. The van der Waals surface area contributed by atoms with Crippen LogP contribution in [0.5, 0.6) is 0 Å². The van der Waals surface area contributed by atoms with Gasteiger partial charge in [-0.15, -0.1) is 10.2 Å². The number of aromatic nitrogens is 2. The number of hydrogen-bond donors (Lipinski definition) is 0. The third-order valence-corrected chi connectivity index (χ3v) is 5.69. The molecule has 1 atom stereocenters. The standard InChI is InChI=1S/C11H17N3O4S2/c1-3-14(9-4-5-20(16,17)7-9)10(15)6-19-11-13-12-8(2)18-11/h9H,3-7H2,1-2H3/t9-/m1/s1. The molecule has 1 aliphatic heterocycles. The predicted octanol–water partition coefficient (Wildman–Crippen LogP) is 0.506. The number of nitrogens with zero attached hydrogens (tertiary/aromatic N) is 3. The number of carbonyl (C=O) groups excluding carboxylic acids is 1. The molecule has 0 radical (unpaired) electrons. The number of amides is 1. The van der Waals surface area contributed by atoms with E-state index in [1.54, 1.807) is 11.8 Å². The molecular formula is C11H17N3O4S2. The van der Waals surface area contributed by atoms with Gasteiger partial charge in [-0.2, -0.15) is 0 Å². The highest BCUT2D eigenvalue weighted by Crippen LogP contribution is 2.21. The first-order chi connectivity index (χ1) is 9.41. The fraction of sp³-hybridized carbons (Fsp3) is 0.727. The lowest BCUT2D eigenvalue weighted by Gasteiger charge is -2.26. The van der Waals surface area contributed by atoms with Crippen LogP contribution in [-0.2, 0) is 14.6 Å². The van der Waals surface area contributed by atoms with Gasteiger partial charge in [0.25, 0.3) is 5.22 Å². The molecule has 0 aliphatic carbocycles. The van der Waals surface area contributed by atoms with Crippen molar-refractivity contribution in [2.24, 2.45) is 0 Å². The molecule has 1 aromatic rings. The van der Waals surface area contributed by atoms with Gasteiger partial charge in [0.15, 0.2) is 9.84 Å². The van der Waals surface area contributed by atoms with E-state index in [1.165, 1.54) is 11.8 Å². The van der Waals surface area contributed by atoms with E-state index < -0.39 is 9.84 Å². The van der Waals surface area contributed by atoms with Gasteiger partial charge in [0.1, 0.15) is 0 Å². The van der Waals surface area contributed by atoms with Crippen molar-refractivity contribution in [2.45, 2.75) is 31.5 Å². The average Bonchev–Trinajstić information content (AvgIpc) is 2.94. The van der Waals surface area contributed by atoms with Crippen molar-refractivity contribution in [2.75, 3.05) is 23.8 Å². The van der Waals surface area contributed by atoms with Gasteiger partial charge >= 0.3 is 0 Å². The molecular weight excluding hydrogens is 302 g/mol. The molecule has 1 aromatic heterocycles. The van der Waals surface area contributed by atoms with Gasteiger partial charge in [-0.25, -0.2) is 8.42 Å². The first-order valence-corrected chi connectivity index (χ1v) is 9.15. The molecule has 20 heavy (non-hydrogen) atoms.